The summed E-state index contributed by atoms with van der Waals surface area (Å²) in [5, 5.41) is 3.06. The number of aryl methyl sites for hydroxylation is 1. The van der Waals surface area contributed by atoms with Gasteiger partial charge in [-0.3, -0.25) is 9.59 Å². The number of benzene rings is 2. The number of fused-ring (bicyclic) bond motifs is 1. The molecular weight excluding hydrogens is 419 g/mol. The summed E-state index contributed by atoms with van der Waals surface area (Å²) in [5.41, 5.74) is 3.03. The van der Waals surface area contributed by atoms with Crippen molar-refractivity contribution in [2.24, 2.45) is 5.92 Å². The van der Waals surface area contributed by atoms with Gasteiger partial charge < -0.3 is 15.2 Å². The van der Waals surface area contributed by atoms with Gasteiger partial charge in [-0.1, -0.05) is 18.2 Å². The molecule has 1 aliphatic rings. The Morgan fingerprint density at radius 3 is 2.61 bits per heavy atom. The van der Waals surface area contributed by atoms with E-state index in [1.165, 1.54) is 12.1 Å². The number of carbonyl (C=O) groups excluding carboxylic acids is 1. The van der Waals surface area contributed by atoms with Gasteiger partial charge in [0.15, 0.2) is 0 Å². The molecule has 1 heterocycles. The predicted molar refractivity (Wildman–Crippen MR) is 128 cm³/mol. The van der Waals surface area contributed by atoms with Crippen LogP contribution in [0.5, 0.6) is 0 Å². The van der Waals surface area contributed by atoms with Gasteiger partial charge in [0.2, 0.25) is 5.91 Å². The summed E-state index contributed by atoms with van der Waals surface area (Å²) in [6.45, 7) is 1.47. The summed E-state index contributed by atoms with van der Waals surface area (Å²) < 4.78 is 13.2. The molecule has 172 valence electrons. The lowest BCUT2D eigenvalue weighted by molar-refractivity contribution is -0.125. The third kappa shape index (κ3) is 5.66. The van der Waals surface area contributed by atoms with E-state index < -0.39 is 0 Å². The Bertz CT molecular complexity index is 1150. The number of nitrogens with zero attached hydrogens (tertiary/aromatic N) is 2. The molecule has 2 aromatic carbocycles. The Hall–Kier alpha value is -3.48. The summed E-state index contributed by atoms with van der Waals surface area (Å²) in [7, 11) is 2.05. The predicted octanol–water partition coefficient (Wildman–Crippen LogP) is 3.71. The van der Waals surface area contributed by atoms with Crippen LogP contribution in [0, 0.1) is 11.7 Å². The van der Waals surface area contributed by atoms with E-state index in [1.807, 2.05) is 25.2 Å². The first kappa shape index (κ1) is 22.7. The van der Waals surface area contributed by atoms with Gasteiger partial charge in [-0.2, -0.15) is 0 Å². The maximum atomic E-state index is 13.2. The summed E-state index contributed by atoms with van der Waals surface area (Å²) in [6.07, 6.45) is 3.23. The minimum atomic E-state index is -0.337. The Balaban J connectivity index is 1.32. The lowest BCUT2D eigenvalue weighted by atomic mass is 9.99. The van der Waals surface area contributed by atoms with Crippen LogP contribution in [-0.4, -0.2) is 36.0 Å². The molecule has 4 rings (SSSR count). The third-order valence-corrected chi connectivity index (χ3v) is 6.23. The average Bonchev–Trinajstić information content (AvgIpc) is 3.06. The first-order chi connectivity index (χ1) is 16.0. The second-order valence-corrected chi connectivity index (χ2v) is 8.52. The van der Waals surface area contributed by atoms with Gasteiger partial charge in [0, 0.05) is 42.9 Å². The molecule has 0 saturated carbocycles. The standard InChI is InChI=1S/C26H29FN4O2/c1-31(21-6-3-2-4-7-21)17-5-16-28-25(32)19-10-14-22-23(15-11-19)29-24(30-26(22)33)18-8-12-20(27)13-9-18/h2-4,6-9,12-13,19H,5,10-11,14-17H2,1H3,(H,28,32)(H,29,30,33). The number of aromatic amines is 1. The number of rotatable bonds is 7. The highest BCUT2D eigenvalue weighted by Crippen LogP contribution is 2.24. The first-order valence-electron chi connectivity index (χ1n) is 11.4. The normalized spacial score (nSPS) is 15.4. The number of H-pyrrole nitrogens is 1. The van der Waals surface area contributed by atoms with Crippen LogP contribution in [0.1, 0.15) is 30.5 Å². The van der Waals surface area contributed by atoms with Crippen LogP contribution in [0.3, 0.4) is 0 Å². The summed E-state index contributed by atoms with van der Waals surface area (Å²) >= 11 is 0. The molecule has 6 nitrogen and oxygen atoms in total. The molecule has 0 radical (unpaired) electrons. The Labute approximate surface area is 192 Å². The van der Waals surface area contributed by atoms with E-state index in [0.717, 1.165) is 24.3 Å². The van der Waals surface area contributed by atoms with E-state index in [2.05, 4.69) is 32.3 Å². The molecular formula is C26H29FN4O2. The van der Waals surface area contributed by atoms with Gasteiger partial charge in [0.25, 0.3) is 5.56 Å². The number of halogens is 1. The maximum absolute atomic E-state index is 13.2. The van der Waals surface area contributed by atoms with Crippen LogP contribution >= 0.6 is 0 Å². The lowest BCUT2D eigenvalue weighted by Gasteiger charge is -2.20. The molecule has 1 aliphatic carbocycles. The van der Waals surface area contributed by atoms with Crippen LogP contribution in [0.15, 0.2) is 59.4 Å². The van der Waals surface area contributed by atoms with Crippen molar-refractivity contribution in [2.45, 2.75) is 32.1 Å². The number of nitrogens with one attached hydrogen (secondary N) is 2. The van der Waals surface area contributed by atoms with Gasteiger partial charge in [-0.05, 0) is 68.5 Å². The molecule has 7 heteroatoms. The fourth-order valence-corrected chi connectivity index (χ4v) is 4.27. The van der Waals surface area contributed by atoms with Gasteiger partial charge in [0.05, 0.1) is 5.69 Å². The van der Waals surface area contributed by atoms with Crippen molar-refractivity contribution in [3.63, 3.8) is 0 Å². The summed E-state index contributed by atoms with van der Waals surface area (Å²) in [6, 6.07) is 16.1. The largest absolute Gasteiger partial charge is 0.375 e. The molecule has 0 bridgehead atoms. The quantitative estimate of drug-likeness (QED) is 0.427. The fourth-order valence-electron chi connectivity index (χ4n) is 4.27. The van der Waals surface area contributed by atoms with E-state index in [-0.39, 0.29) is 23.2 Å². The van der Waals surface area contributed by atoms with Crippen molar-refractivity contribution in [2.75, 3.05) is 25.0 Å². The second-order valence-electron chi connectivity index (χ2n) is 8.52. The minimum absolute atomic E-state index is 0.0420. The number of carbonyl (C=O) groups is 1. The van der Waals surface area contributed by atoms with Crippen LogP contribution in [-0.2, 0) is 17.6 Å². The number of para-hydroxylation sites is 1. The zero-order valence-corrected chi connectivity index (χ0v) is 18.8. The topological polar surface area (TPSA) is 78.1 Å². The van der Waals surface area contributed by atoms with E-state index in [0.29, 0.717) is 49.2 Å². The van der Waals surface area contributed by atoms with Crippen molar-refractivity contribution < 1.29 is 9.18 Å². The SMILES string of the molecule is CN(CCCNC(=O)C1CCc2nc(-c3ccc(F)cc3)[nH]c(=O)c2CC1)c1ccccc1. The summed E-state index contributed by atoms with van der Waals surface area (Å²) in [4.78, 5) is 35.0. The average molecular weight is 449 g/mol. The molecule has 1 unspecified atom stereocenters. The highest BCUT2D eigenvalue weighted by atomic mass is 19.1. The van der Waals surface area contributed by atoms with E-state index >= 15 is 0 Å². The van der Waals surface area contributed by atoms with Crippen molar-refractivity contribution >= 4 is 11.6 Å². The monoisotopic (exact) mass is 448 g/mol. The third-order valence-electron chi connectivity index (χ3n) is 6.23. The maximum Gasteiger partial charge on any atom is 0.254 e. The van der Waals surface area contributed by atoms with Gasteiger partial charge >= 0.3 is 0 Å². The molecule has 0 spiro atoms. The number of anilines is 1. The van der Waals surface area contributed by atoms with Crippen molar-refractivity contribution in [3.8, 4) is 11.4 Å². The number of hydrogen-bond donors (Lipinski definition) is 2. The van der Waals surface area contributed by atoms with E-state index in [9.17, 15) is 14.0 Å². The van der Waals surface area contributed by atoms with E-state index in [1.54, 1.807) is 12.1 Å². The summed E-state index contributed by atoms with van der Waals surface area (Å²) in [5.74, 6) is 0.000639. The van der Waals surface area contributed by atoms with Crippen LogP contribution < -0.4 is 15.8 Å². The van der Waals surface area contributed by atoms with Crippen LogP contribution in [0.25, 0.3) is 11.4 Å². The van der Waals surface area contributed by atoms with Crippen molar-refractivity contribution in [3.05, 3.63) is 82.0 Å². The second kappa shape index (κ2) is 10.4. The molecule has 2 N–H and O–H groups in total. The molecule has 0 saturated heterocycles. The van der Waals surface area contributed by atoms with Crippen molar-refractivity contribution in [1.82, 2.24) is 15.3 Å². The van der Waals surface area contributed by atoms with Gasteiger partial charge in [-0.25, -0.2) is 9.37 Å². The Kier molecular flexibility index (Phi) is 7.17. The molecule has 0 aliphatic heterocycles. The lowest BCUT2D eigenvalue weighted by Crippen LogP contribution is -2.33. The zero-order valence-electron chi connectivity index (χ0n) is 18.8. The highest BCUT2D eigenvalue weighted by Gasteiger charge is 2.25. The highest BCUT2D eigenvalue weighted by molar-refractivity contribution is 5.78. The fraction of sp³-hybridized carbons (Fsp3) is 0.346. The molecule has 33 heavy (non-hydrogen) atoms. The van der Waals surface area contributed by atoms with Gasteiger partial charge in [0.1, 0.15) is 11.6 Å². The van der Waals surface area contributed by atoms with Crippen molar-refractivity contribution in [1.29, 1.82) is 0 Å². The molecule has 1 aromatic heterocycles. The Morgan fingerprint density at radius 1 is 1.12 bits per heavy atom. The van der Waals surface area contributed by atoms with Crippen LogP contribution in [0.4, 0.5) is 10.1 Å². The number of aromatic nitrogens is 2. The van der Waals surface area contributed by atoms with Gasteiger partial charge in [-0.15, -0.1) is 0 Å². The van der Waals surface area contributed by atoms with Crippen LogP contribution in [0.2, 0.25) is 0 Å². The molecule has 1 amide bonds. The van der Waals surface area contributed by atoms with E-state index in [4.69, 9.17) is 0 Å². The number of amides is 1. The molecule has 1 atom stereocenters. The number of hydrogen-bond acceptors (Lipinski definition) is 4. The smallest absolute Gasteiger partial charge is 0.254 e. The molecule has 0 fully saturated rings. The first-order valence-corrected chi connectivity index (χ1v) is 11.4. The minimum Gasteiger partial charge on any atom is -0.375 e. The zero-order chi connectivity index (χ0) is 23.2. The molecule has 3 aromatic rings. The Morgan fingerprint density at radius 2 is 1.85 bits per heavy atom.